The first-order valence-corrected chi connectivity index (χ1v) is 4.09. The van der Waals surface area contributed by atoms with Gasteiger partial charge in [0.05, 0.1) is 4.92 Å². The van der Waals surface area contributed by atoms with Gasteiger partial charge in [-0.3, -0.25) is 14.9 Å². The summed E-state index contributed by atoms with van der Waals surface area (Å²) in [6.07, 6.45) is 1.61. The van der Waals surface area contributed by atoms with Crippen molar-refractivity contribution in [1.29, 1.82) is 0 Å². The van der Waals surface area contributed by atoms with E-state index in [1.165, 1.54) is 18.2 Å². The highest BCUT2D eigenvalue weighted by Crippen LogP contribution is 2.24. The zero-order chi connectivity index (χ0) is 10.6. The first kappa shape index (κ1) is 10.2. The predicted molar refractivity (Wildman–Crippen MR) is 52.1 cm³/mol. The Balaban J connectivity index is 3.16. The van der Waals surface area contributed by atoms with E-state index in [1.807, 2.05) is 6.92 Å². The van der Waals surface area contributed by atoms with Gasteiger partial charge in [-0.1, -0.05) is 0 Å². The van der Waals surface area contributed by atoms with Crippen molar-refractivity contribution < 1.29 is 9.72 Å². The molecule has 0 aliphatic rings. The summed E-state index contributed by atoms with van der Waals surface area (Å²) in [5, 5.41) is 13.4. The van der Waals surface area contributed by atoms with Gasteiger partial charge in [0.15, 0.2) is 0 Å². The van der Waals surface area contributed by atoms with Gasteiger partial charge < -0.3 is 5.32 Å². The number of benzene rings is 1. The first-order chi connectivity index (χ1) is 6.69. The molecule has 0 fully saturated rings. The van der Waals surface area contributed by atoms with Crippen LogP contribution in [0.2, 0.25) is 0 Å². The zero-order valence-electron chi connectivity index (χ0n) is 7.61. The van der Waals surface area contributed by atoms with Crippen LogP contribution in [0.15, 0.2) is 18.2 Å². The van der Waals surface area contributed by atoms with E-state index >= 15 is 0 Å². The van der Waals surface area contributed by atoms with Crippen molar-refractivity contribution in [3.05, 3.63) is 33.9 Å². The van der Waals surface area contributed by atoms with E-state index < -0.39 is 4.92 Å². The monoisotopic (exact) mass is 193 g/mol. The van der Waals surface area contributed by atoms with E-state index in [9.17, 15) is 14.9 Å². The number of nitro benzene ring substituents is 1. The number of nitrogens with one attached hydrogen (secondary N) is 1. The van der Waals surface area contributed by atoms with Gasteiger partial charge in [-0.2, -0.15) is 0 Å². The summed E-state index contributed by atoms with van der Waals surface area (Å²) in [6, 6.07) is 4.19. The molecule has 0 saturated heterocycles. The summed E-state index contributed by atoms with van der Waals surface area (Å²) in [7, 11) is 0. The Morgan fingerprint density at radius 1 is 1.57 bits per heavy atom. The normalized spacial score (nSPS) is 9.50. The Hall–Kier alpha value is -1.91. The number of nitrogens with zero attached hydrogens (tertiary/aromatic N) is 1. The molecule has 0 aliphatic heterocycles. The fourth-order valence-corrected chi connectivity index (χ4v) is 1.09. The Kier molecular flexibility index (Phi) is 3.17. The third-order valence-corrected chi connectivity index (χ3v) is 1.68. The highest BCUT2D eigenvalue weighted by Gasteiger charge is 2.13. The molecule has 1 N–H and O–H groups in total. The number of rotatable bonds is 4. The Labute approximate surface area is 80.9 Å². The Bertz CT molecular complexity index is 363. The molecular formula is C9H9N2O3. The van der Waals surface area contributed by atoms with Gasteiger partial charge >= 0.3 is 0 Å². The summed E-state index contributed by atoms with van der Waals surface area (Å²) in [5.41, 5.74) is 0.488. The van der Waals surface area contributed by atoms with Crippen LogP contribution in [-0.2, 0) is 4.79 Å². The second-order valence-corrected chi connectivity index (χ2v) is 2.62. The lowest BCUT2D eigenvalue weighted by atomic mass is 10.2. The van der Waals surface area contributed by atoms with Crippen molar-refractivity contribution in [2.45, 2.75) is 6.92 Å². The van der Waals surface area contributed by atoms with Crippen molar-refractivity contribution in [2.24, 2.45) is 0 Å². The topological polar surface area (TPSA) is 72.2 Å². The van der Waals surface area contributed by atoms with Crippen LogP contribution in [0, 0.1) is 10.1 Å². The molecule has 1 aromatic rings. The van der Waals surface area contributed by atoms with Gasteiger partial charge in [0, 0.05) is 18.2 Å². The second kappa shape index (κ2) is 4.36. The maximum atomic E-state index is 10.6. The van der Waals surface area contributed by atoms with Crippen LogP contribution < -0.4 is 5.32 Å². The molecule has 0 spiro atoms. The Morgan fingerprint density at radius 3 is 2.79 bits per heavy atom. The van der Waals surface area contributed by atoms with Gasteiger partial charge in [0.2, 0.25) is 6.29 Å². The number of nitro groups is 1. The molecule has 73 valence electrons. The van der Waals surface area contributed by atoms with Crippen molar-refractivity contribution in [3.8, 4) is 0 Å². The summed E-state index contributed by atoms with van der Waals surface area (Å²) in [6.45, 7) is 2.43. The molecule has 0 amide bonds. The van der Waals surface area contributed by atoms with Gasteiger partial charge in [-0.15, -0.1) is 0 Å². The van der Waals surface area contributed by atoms with Crippen LogP contribution in [0.4, 0.5) is 11.4 Å². The third kappa shape index (κ3) is 2.07. The van der Waals surface area contributed by atoms with Crippen LogP contribution in [0.3, 0.4) is 0 Å². The largest absolute Gasteiger partial charge is 0.380 e. The number of hydrogen-bond donors (Lipinski definition) is 1. The lowest BCUT2D eigenvalue weighted by Crippen LogP contribution is -2.01. The summed E-state index contributed by atoms with van der Waals surface area (Å²) in [4.78, 5) is 20.4. The van der Waals surface area contributed by atoms with Crippen LogP contribution in [-0.4, -0.2) is 17.8 Å². The van der Waals surface area contributed by atoms with Gasteiger partial charge in [0.25, 0.3) is 5.69 Å². The lowest BCUT2D eigenvalue weighted by Gasteiger charge is -2.03. The molecule has 0 aliphatic carbocycles. The molecule has 0 bridgehead atoms. The molecular weight excluding hydrogens is 184 g/mol. The van der Waals surface area contributed by atoms with Crippen LogP contribution in [0.25, 0.3) is 0 Å². The van der Waals surface area contributed by atoms with E-state index in [0.29, 0.717) is 12.2 Å². The molecule has 0 saturated carbocycles. The molecule has 1 rings (SSSR count). The standard InChI is InChI=1S/C9H9N2O3/c1-2-10-8-4-3-7(6-12)5-9(8)11(13)14/h3-5,10H,2H2,1H3. The smallest absolute Gasteiger partial charge is 0.293 e. The molecule has 0 heterocycles. The average Bonchev–Trinajstić information content (AvgIpc) is 2.18. The SMILES string of the molecule is CCNc1ccc([C]=O)cc1[N+](=O)[O-]. The van der Waals surface area contributed by atoms with Crippen LogP contribution in [0.1, 0.15) is 12.5 Å². The fourth-order valence-electron chi connectivity index (χ4n) is 1.09. The minimum absolute atomic E-state index is 0.104. The van der Waals surface area contributed by atoms with Gasteiger partial charge in [0.1, 0.15) is 5.69 Å². The summed E-state index contributed by atoms with van der Waals surface area (Å²) < 4.78 is 0. The minimum Gasteiger partial charge on any atom is -0.380 e. The van der Waals surface area contributed by atoms with E-state index in [-0.39, 0.29) is 11.3 Å². The quantitative estimate of drug-likeness (QED) is 0.580. The number of hydrogen-bond acceptors (Lipinski definition) is 4. The zero-order valence-corrected chi connectivity index (χ0v) is 7.61. The number of carbonyl (C=O) groups excluding carboxylic acids is 1. The van der Waals surface area contributed by atoms with Crippen molar-refractivity contribution in [2.75, 3.05) is 11.9 Å². The average molecular weight is 193 g/mol. The predicted octanol–water partition coefficient (Wildman–Crippen LogP) is 1.48. The van der Waals surface area contributed by atoms with E-state index in [2.05, 4.69) is 5.32 Å². The van der Waals surface area contributed by atoms with Crippen LogP contribution in [0.5, 0.6) is 0 Å². The lowest BCUT2D eigenvalue weighted by molar-refractivity contribution is -0.384. The van der Waals surface area contributed by atoms with E-state index in [4.69, 9.17) is 0 Å². The summed E-state index contributed by atoms with van der Waals surface area (Å²) in [5.74, 6) is 0. The summed E-state index contributed by atoms with van der Waals surface area (Å²) >= 11 is 0. The maximum Gasteiger partial charge on any atom is 0.293 e. The number of anilines is 1. The Morgan fingerprint density at radius 2 is 2.29 bits per heavy atom. The van der Waals surface area contributed by atoms with Crippen molar-refractivity contribution in [3.63, 3.8) is 0 Å². The molecule has 5 nitrogen and oxygen atoms in total. The molecule has 0 unspecified atom stereocenters. The fraction of sp³-hybridized carbons (Fsp3) is 0.222. The molecule has 1 aromatic carbocycles. The highest BCUT2D eigenvalue weighted by molar-refractivity contribution is 5.79. The van der Waals surface area contributed by atoms with Crippen molar-refractivity contribution in [1.82, 2.24) is 0 Å². The molecule has 5 heteroatoms. The molecule has 0 aromatic heterocycles. The van der Waals surface area contributed by atoms with E-state index in [0.717, 1.165) is 0 Å². The molecule has 0 atom stereocenters. The van der Waals surface area contributed by atoms with Gasteiger partial charge in [-0.05, 0) is 19.1 Å². The van der Waals surface area contributed by atoms with Gasteiger partial charge in [-0.25, -0.2) is 0 Å². The highest BCUT2D eigenvalue weighted by atomic mass is 16.6. The molecule has 14 heavy (non-hydrogen) atoms. The molecule has 1 radical (unpaired) electrons. The maximum absolute atomic E-state index is 10.6. The first-order valence-electron chi connectivity index (χ1n) is 4.09. The second-order valence-electron chi connectivity index (χ2n) is 2.62. The third-order valence-electron chi connectivity index (χ3n) is 1.68. The van der Waals surface area contributed by atoms with E-state index in [1.54, 1.807) is 6.29 Å². The van der Waals surface area contributed by atoms with Crippen molar-refractivity contribution >= 4 is 17.7 Å². The van der Waals surface area contributed by atoms with Crippen LogP contribution >= 0.6 is 0 Å². The minimum atomic E-state index is -0.529.